The van der Waals surface area contributed by atoms with Gasteiger partial charge >= 0.3 is 11.9 Å². The van der Waals surface area contributed by atoms with Crippen LogP contribution in [0.4, 0.5) is 0 Å². The van der Waals surface area contributed by atoms with Gasteiger partial charge in [0.05, 0.1) is 25.6 Å². The van der Waals surface area contributed by atoms with Crippen LogP contribution in [0.1, 0.15) is 53.4 Å². The summed E-state index contributed by atoms with van der Waals surface area (Å²) in [6, 6.07) is 0. The number of Topliss-reactive ketones (excluding diaryl/α,β-unsaturated/α-hetero) is 2. The topological polar surface area (TPSA) is 118 Å². The third kappa shape index (κ3) is 35.8. The van der Waals surface area contributed by atoms with Gasteiger partial charge in [0, 0.05) is 51.3 Å². The van der Waals surface area contributed by atoms with Gasteiger partial charge in [0.1, 0.15) is 11.6 Å². The zero-order chi connectivity index (χ0) is 22.5. The van der Waals surface area contributed by atoms with E-state index >= 15 is 0 Å². The van der Waals surface area contributed by atoms with Crippen molar-refractivity contribution in [3.63, 3.8) is 0 Å². The fourth-order valence-corrected chi connectivity index (χ4v) is 2.92. The zero-order valence-electron chi connectivity index (χ0n) is 18.4. The number of hydrogen-bond donors (Lipinski definition) is 2. The van der Waals surface area contributed by atoms with Crippen LogP contribution < -0.4 is 0 Å². The molecule has 0 aliphatic carbocycles. The van der Waals surface area contributed by atoms with Gasteiger partial charge in [-0.2, -0.15) is 23.5 Å². The number of esters is 1. The summed E-state index contributed by atoms with van der Waals surface area (Å²) in [6.07, 6.45) is 4.58. The van der Waals surface area contributed by atoms with Gasteiger partial charge in [-0.15, -0.1) is 0 Å². The van der Waals surface area contributed by atoms with Crippen LogP contribution in [0.3, 0.4) is 0 Å². The van der Waals surface area contributed by atoms with Crippen molar-refractivity contribution >= 4 is 47.0 Å². The Balaban J connectivity index is -0.000000160. The number of carbonyl (C=O) groups is 4. The molecule has 0 aromatic heterocycles. The summed E-state index contributed by atoms with van der Waals surface area (Å²) >= 11 is 3.50. The largest absolute Gasteiger partial charge is 0.481 e. The van der Waals surface area contributed by atoms with E-state index in [1.807, 2.05) is 6.26 Å². The standard InChI is InChI=1S/C7H12O3.C7H16OS2.C5H8O3.Y/c1-3-10-7(9)5-4-6(2)8;1-6(4-9-2)7(8)5-10-3;1-4(6)2-3-5(7)8;/h3-5H2,1-2H3;6-8H,4-5H2,1-3H3;2-3H2,1H3,(H,7,8);. The Bertz CT molecular complexity index is 424. The predicted octanol–water partition coefficient (Wildman–Crippen LogP) is 3.07. The average Bonchev–Trinajstić information content (AvgIpc) is 2.60. The fraction of sp³-hybridized carbons (Fsp3) is 0.789. The van der Waals surface area contributed by atoms with Crippen LogP contribution in [-0.2, 0) is 56.6 Å². The second-order valence-electron chi connectivity index (χ2n) is 6.06. The van der Waals surface area contributed by atoms with E-state index in [1.54, 1.807) is 30.4 Å². The summed E-state index contributed by atoms with van der Waals surface area (Å²) in [5.41, 5.74) is 0. The number of ether oxygens (including phenoxy) is 1. The second-order valence-corrected chi connectivity index (χ2v) is 7.88. The maximum absolute atomic E-state index is 10.6. The molecule has 7 nitrogen and oxygen atoms in total. The third-order valence-corrected chi connectivity index (χ3v) is 4.64. The second kappa shape index (κ2) is 26.1. The first-order chi connectivity index (χ1) is 13.0. The number of carboxylic acids is 1. The monoisotopic (exact) mass is 529 g/mol. The predicted molar refractivity (Wildman–Crippen MR) is 116 cm³/mol. The van der Waals surface area contributed by atoms with E-state index in [2.05, 4.69) is 17.9 Å². The van der Waals surface area contributed by atoms with Crippen molar-refractivity contribution in [1.82, 2.24) is 0 Å². The van der Waals surface area contributed by atoms with Crippen LogP contribution in [-0.4, -0.2) is 70.4 Å². The molecule has 0 bridgehead atoms. The van der Waals surface area contributed by atoms with Crippen molar-refractivity contribution in [2.75, 3.05) is 30.6 Å². The molecule has 169 valence electrons. The van der Waals surface area contributed by atoms with Crippen LogP contribution in [0.5, 0.6) is 0 Å². The van der Waals surface area contributed by atoms with Gasteiger partial charge < -0.3 is 24.5 Å². The molecule has 0 saturated heterocycles. The molecule has 1 radical (unpaired) electrons. The molecule has 0 aliphatic heterocycles. The molecule has 0 aromatic carbocycles. The summed E-state index contributed by atoms with van der Waals surface area (Å²) in [7, 11) is 0. The van der Waals surface area contributed by atoms with Crippen molar-refractivity contribution < 1.29 is 66.8 Å². The van der Waals surface area contributed by atoms with Crippen molar-refractivity contribution in [2.45, 2.75) is 59.5 Å². The Morgan fingerprint density at radius 2 is 1.34 bits per heavy atom. The molecule has 0 rings (SSSR count). The average molecular weight is 530 g/mol. The molecule has 0 amide bonds. The quantitative estimate of drug-likeness (QED) is 0.368. The van der Waals surface area contributed by atoms with Gasteiger partial charge in [0.25, 0.3) is 0 Å². The smallest absolute Gasteiger partial charge is 0.306 e. The van der Waals surface area contributed by atoms with Crippen molar-refractivity contribution in [3.8, 4) is 0 Å². The van der Waals surface area contributed by atoms with Gasteiger partial charge in [0.2, 0.25) is 0 Å². The molecule has 0 aromatic rings. The Morgan fingerprint density at radius 1 is 0.897 bits per heavy atom. The number of aliphatic carboxylic acids is 1. The number of rotatable bonds is 12. The number of carbonyl (C=O) groups excluding carboxylic acids is 3. The van der Waals surface area contributed by atoms with Gasteiger partial charge in [-0.3, -0.25) is 9.59 Å². The van der Waals surface area contributed by atoms with Gasteiger partial charge in [-0.25, -0.2) is 0 Å². The molecule has 0 saturated carbocycles. The van der Waals surface area contributed by atoms with E-state index < -0.39 is 5.97 Å². The van der Waals surface area contributed by atoms with Gasteiger partial charge in [0.15, 0.2) is 0 Å². The molecule has 2 atom stereocenters. The molecule has 2 unspecified atom stereocenters. The van der Waals surface area contributed by atoms with Crippen molar-refractivity contribution in [3.05, 3.63) is 0 Å². The maximum Gasteiger partial charge on any atom is 0.306 e. The minimum absolute atomic E-state index is 0. The number of carboxylic acid groups (broad SMARTS) is 1. The molecule has 2 N–H and O–H groups in total. The van der Waals surface area contributed by atoms with Crippen molar-refractivity contribution in [2.24, 2.45) is 5.92 Å². The summed E-state index contributed by atoms with van der Waals surface area (Å²) in [6.45, 7) is 7.06. The summed E-state index contributed by atoms with van der Waals surface area (Å²) < 4.78 is 4.60. The molecule has 10 heteroatoms. The first-order valence-corrected chi connectivity index (χ1v) is 11.8. The Labute approximate surface area is 208 Å². The minimum Gasteiger partial charge on any atom is -0.481 e. The van der Waals surface area contributed by atoms with E-state index in [1.165, 1.54) is 13.8 Å². The van der Waals surface area contributed by atoms with E-state index in [9.17, 15) is 24.3 Å². The molecule has 0 spiro atoms. The maximum atomic E-state index is 10.6. The molecular formula is C19H36O7S2Y. The first-order valence-electron chi connectivity index (χ1n) is 9.03. The van der Waals surface area contributed by atoms with E-state index in [0.29, 0.717) is 18.9 Å². The van der Waals surface area contributed by atoms with Crippen LogP contribution in [0.25, 0.3) is 0 Å². The SMILES string of the molecule is CC(=O)CCC(=O)O.CCOC(=O)CCC(C)=O.CSCC(C)C(O)CSC.[Y]. The van der Waals surface area contributed by atoms with E-state index in [4.69, 9.17) is 5.11 Å². The molecule has 29 heavy (non-hydrogen) atoms. The zero-order valence-corrected chi connectivity index (χ0v) is 22.9. The molecule has 0 aliphatic rings. The number of aliphatic hydroxyl groups is 1. The van der Waals surface area contributed by atoms with Crippen molar-refractivity contribution in [1.29, 1.82) is 0 Å². The normalized spacial score (nSPS) is 11.3. The van der Waals surface area contributed by atoms with E-state index in [-0.39, 0.29) is 75.6 Å². The number of thioether (sulfide) groups is 2. The minimum atomic E-state index is -0.916. The number of aliphatic hydroxyl groups excluding tert-OH is 1. The third-order valence-electron chi connectivity index (χ3n) is 3.10. The molecular weight excluding hydrogens is 493 g/mol. The Hall–Kier alpha value is 0.0439. The van der Waals surface area contributed by atoms with Gasteiger partial charge in [-0.05, 0) is 45.0 Å². The van der Waals surface area contributed by atoms with Crippen LogP contribution >= 0.6 is 23.5 Å². The summed E-state index contributed by atoms with van der Waals surface area (Å²) in [4.78, 5) is 40.8. The molecule has 0 fully saturated rings. The van der Waals surface area contributed by atoms with Gasteiger partial charge in [-0.1, -0.05) is 6.92 Å². The Morgan fingerprint density at radius 3 is 1.66 bits per heavy atom. The van der Waals surface area contributed by atoms with E-state index in [0.717, 1.165) is 11.5 Å². The first kappa shape index (κ1) is 36.4. The summed E-state index contributed by atoms with van der Waals surface area (Å²) in [5, 5.41) is 17.4. The number of ketones is 2. The van der Waals surface area contributed by atoms with Crippen LogP contribution in [0.15, 0.2) is 0 Å². The summed E-state index contributed by atoms with van der Waals surface area (Å²) in [5.74, 6) is 1.09. The fourth-order valence-electron chi connectivity index (χ4n) is 1.50. The van der Waals surface area contributed by atoms with Crippen LogP contribution in [0.2, 0.25) is 0 Å². The van der Waals surface area contributed by atoms with Crippen LogP contribution in [0, 0.1) is 5.92 Å². The number of hydrogen-bond acceptors (Lipinski definition) is 8. The molecule has 0 heterocycles. The Kier molecular flexibility index (Phi) is 32.8.